The lowest BCUT2D eigenvalue weighted by Crippen LogP contribution is -2.46. The Hall–Kier alpha value is -1.44. The number of carbonyl (C=O) groups is 1. The van der Waals surface area contributed by atoms with Crippen molar-refractivity contribution < 1.29 is 17.6 Å². The van der Waals surface area contributed by atoms with Crippen molar-refractivity contribution in [2.24, 2.45) is 16.7 Å². The highest BCUT2D eigenvalue weighted by Crippen LogP contribution is 2.64. The average molecular weight is 422 g/mol. The van der Waals surface area contributed by atoms with Crippen molar-refractivity contribution in [3.8, 4) is 0 Å². The minimum absolute atomic E-state index is 0.0898. The highest BCUT2D eigenvalue weighted by atomic mass is 32.2. The van der Waals surface area contributed by atoms with Crippen LogP contribution in [-0.4, -0.2) is 30.8 Å². The largest absolute Gasteiger partial charge is 0.468 e. The Morgan fingerprint density at radius 1 is 1.29 bits per heavy atom. The summed E-state index contributed by atoms with van der Waals surface area (Å²) in [4.78, 5) is 14.0. The fourth-order valence-corrected chi connectivity index (χ4v) is 7.97. The van der Waals surface area contributed by atoms with E-state index < -0.39 is 15.4 Å². The van der Waals surface area contributed by atoms with Crippen LogP contribution in [0.5, 0.6) is 0 Å². The molecule has 2 heterocycles. The Labute approximate surface area is 170 Å². The van der Waals surface area contributed by atoms with Crippen LogP contribution in [0.25, 0.3) is 0 Å². The van der Waals surface area contributed by atoms with Crippen LogP contribution in [0.4, 0.5) is 0 Å². The highest BCUT2D eigenvalue weighted by Gasteiger charge is 2.65. The van der Waals surface area contributed by atoms with Crippen molar-refractivity contribution in [2.45, 2.75) is 46.1 Å². The predicted octanol–water partition coefficient (Wildman–Crippen LogP) is 4.11. The second-order valence-electron chi connectivity index (χ2n) is 8.67. The zero-order chi connectivity index (χ0) is 20.0. The third kappa shape index (κ3) is 3.27. The number of Topliss-reactive ketones (excluding diaryl/α,β-unsaturated/α-hetero) is 1. The van der Waals surface area contributed by atoms with E-state index in [9.17, 15) is 13.2 Å². The van der Waals surface area contributed by atoms with Crippen molar-refractivity contribution in [3.05, 3.63) is 46.5 Å². The molecule has 0 aliphatic heterocycles. The lowest BCUT2D eigenvalue weighted by Gasteiger charge is -2.37. The number of carbonyl (C=O) groups excluding carboxylic acids is 1. The molecule has 2 saturated carbocycles. The van der Waals surface area contributed by atoms with Gasteiger partial charge >= 0.3 is 0 Å². The molecule has 7 heteroatoms. The summed E-state index contributed by atoms with van der Waals surface area (Å²) in [6, 6.07) is 7.56. The zero-order valence-electron chi connectivity index (χ0n) is 16.4. The number of thiophene rings is 1. The highest BCUT2D eigenvalue weighted by molar-refractivity contribution is 7.89. The van der Waals surface area contributed by atoms with Gasteiger partial charge in [-0.2, -0.15) is 4.31 Å². The summed E-state index contributed by atoms with van der Waals surface area (Å²) in [5, 5.41) is 2.00. The number of furan rings is 1. The third-order valence-electron chi connectivity index (χ3n) is 7.06. The Morgan fingerprint density at radius 3 is 2.68 bits per heavy atom. The fourth-order valence-electron chi connectivity index (χ4n) is 5.09. The van der Waals surface area contributed by atoms with E-state index >= 15 is 0 Å². The Kier molecular flexibility index (Phi) is 5.04. The Morgan fingerprint density at radius 2 is 2.11 bits per heavy atom. The van der Waals surface area contributed by atoms with E-state index in [-0.39, 0.29) is 23.5 Å². The fraction of sp³-hybridized carbons (Fsp3) is 0.571. The predicted molar refractivity (Wildman–Crippen MR) is 109 cm³/mol. The molecule has 2 atom stereocenters. The molecule has 2 bridgehead atoms. The number of ketones is 1. The molecule has 28 heavy (non-hydrogen) atoms. The molecule has 0 N–H and O–H groups in total. The van der Waals surface area contributed by atoms with E-state index in [0.717, 1.165) is 11.3 Å². The van der Waals surface area contributed by atoms with Gasteiger partial charge in [-0.1, -0.05) is 19.9 Å². The second kappa shape index (κ2) is 7.11. The van der Waals surface area contributed by atoms with Gasteiger partial charge in [0.1, 0.15) is 11.5 Å². The van der Waals surface area contributed by atoms with Gasteiger partial charge in [0.2, 0.25) is 10.0 Å². The molecule has 5 nitrogen and oxygen atoms in total. The maximum absolute atomic E-state index is 13.5. The number of rotatable bonds is 8. The molecule has 0 amide bonds. The van der Waals surface area contributed by atoms with Gasteiger partial charge in [0, 0.05) is 23.3 Å². The minimum Gasteiger partial charge on any atom is -0.468 e. The first-order valence-electron chi connectivity index (χ1n) is 9.80. The monoisotopic (exact) mass is 421 g/mol. The topological polar surface area (TPSA) is 67.6 Å². The number of nitrogens with zero attached hydrogens (tertiary/aromatic N) is 1. The summed E-state index contributed by atoms with van der Waals surface area (Å²) in [7, 11) is -3.63. The SMILES string of the molecule is CC1(C)C2CCC1(CS(=O)(=O)N(CCc1cccs1)Cc1ccco1)C(=O)C2. The quantitative estimate of drug-likeness (QED) is 0.643. The number of hydrogen-bond donors (Lipinski definition) is 0. The number of fused-ring (bicyclic) bond motifs is 2. The zero-order valence-corrected chi connectivity index (χ0v) is 18.0. The third-order valence-corrected chi connectivity index (χ3v) is 9.95. The van der Waals surface area contributed by atoms with Crippen molar-refractivity contribution in [1.82, 2.24) is 4.31 Å². The minimum atomic E-state index is -3.63. The average Bonchev–Trinajstić information content (AvgIpc) is 3.39. The van der Waals surface area contributed by atoms with Gasteiger partial charge in [-0.05, 0) is 54.2 Å². The summed E-state index contributed by atoms with van der Waals surface area (Å²) >= 11 is 1.63. The maximum atomic E-state index is 13.5. The van der Waals surface area contributed by atoms with E-state index in [0.29, 0.717) is 37.5 Å². The van der Waals surface area contributed by atoms with Gasteiger partial charge in [0.05, 0.1) is 18.6 Å². The van der Waals surface area contributed by atoms with Crippen LogP contribution in [0.15, 0.2) is 40.3 Å². The smallest absolute Gasteiger partial charge is 0.215 e. The van der Waals surface area contributed by atoms with Crippen LogP contribution in [0.2, 0.25) is 0 Å². The molecule has 2 aromatic rings. The molecule has 2 aliphatic rings. The van der Waals surface area contributed by atoms with Crippen LogP contribution < -0.4 is 0 Å². The number of hydrogen-bond acceptors (Lipinski definition) is 5. The molecule has 0 radical (unpaired) electrons. The molecule has 152 valence electrons. The molecule has 2 unspecified atom stereocenters. The van der Waals surface area contributed by atoms with Crippen LogP contribution >= 0.6 is 11.3 Å². The van der Waals surface area contributed by atoms with E-state index in [1.807, 2.05) is 17.5 Å². The molecule has 2 fully saturated rings. The molecule has 4 rings (SSSR count). The summed E-state index contributed by atoms with van der Waals surface area (Å²) in [6.45, 7) is 4.74. The van der Waals surface area contributed by atoms with Gasteiger partial charge in [0.25, 0.3) is 0 Å². The molecule has 0 aromatic carbocycles. The maximum Gasteiger partial charge on any atom is 0.215 e. The first kappa shape index (κ1) is 19.9. The van der Waals surface area contributed by atoms with Gasteiger partial charge < -0.3 is 4.42 Å². The first-order chi connectivity index (χ1) is 13.2. The van der Waals surface area contributed by atoms with Gasteiger partial charge in [-0.25, -0.2) is 8.42 Å². The lowest BCUT2D eigenvalue weighted by atomic mass is 9.70. The summed E-state index contributed by atoms with van der Waals surface area (Å²) in [5.74, 6) is 0.968. The van der Waals surface area contributed by atoms with Crippen LogP contribution in [0.3, 0.4) is 0 Å². The summed E-state index contributed by atoms with van der Waals surface area (Å²) in [6.07, 6.45) is 4.37. The molecule has 2 aromatic heterocycles. The second-order valence-corrected chi connectivity index (χ2v) is 11.7. The first-order valence-corrected chi connectivity index (χ1v) is 12.3. The van der Waals surface area contributed by atoms with Crippen molar-refractivity contribution in [3.63, 3.8) is 0 Å². The standard InChI is InChI=1S/C21H27NO4S2/c1-20(2)16-7-9-21(20,19(23)13-16)15-28(24,25)22(14-17-5-3-11-26-17)10-8-18-6-4-12-27-18/h3-6,11-12,16H,7-10,13-15H2,1-2H3. The van der Waals surface area contributed by atoms with E-state index in [1.54, 1.807) is 29.7 Å². The van der Waals surface area contributed by atoms with Gasteiger partial charge in [-0.15, -0.1) is 11.3 Å². The van der Waals surface area contributed by atoms with Crippen molar-refractivity contribution in [1.29, 1.82) is 0 Å². The molecule has 0 saturated heterocycles. The van der Waals surface area contributed by atoms with Crippen molar-refractivity contribution in [2.75, 3.05) is 12.3 Å². The Balaban J connectivity index is 1.59. The van der Waals surface area contributed by atoms with Crippen LogP contribution in [-0.2, 0) is 27.8 Å². The van der Waals surface area contributed by atoms with E-state index in [1.165, 1.54) is 4.31 Å². The van der Waals surface area contributed by atoms with Crippen LogP contribution in [0.1, 0.15) is 43.7 Å². The molecular formula is C21H27NO4S2. The molecule has 2 aliphatic carbocycles. The summed E-state index contributed by atoms with van der Waals surface area (Å²) in [5.41, 5.74) is -1.01. The van der Waals surface area contributed by atoms with Gasteiger partial charge in [-0.3, -0.25) is 4.79 Å². The van der Waals surface area contributed by atoms with Crippen LogP contribution in [0, 0.1) is 16.7 Å². The molecule has 0 spiro atoms. The Bertz CT molecular complexity index is 931. The normalized spacial score (nSPS) is 26.4. The summed E-state index contributed by atoms with van der Waals surface area (Å²) < 4.78 is 34.0. The molecular weight excluding hydrogens is 394 g/mol. The number of sulfonamides is 1. The lowest BCUT2D eigenvalue weighted by molar-refractivity contribution is -0.128. The van der Waals surface area contributed by atoms with Crippen molar-refractivity contribution >= 4 is 27.1 Å². The van der Waals surface area contributed by atoms with E-state index in [4.69, 9.17) is 4.42 Å². The van der Waals surface area contributed by atoms with E-state index in [2.05, 4.69) is 13.8 Å². The van der Waals surface area contributed by atoms with Gasteiger partial charge in [0.15, 0.2) is 0 Å².